The van der Waals surface area contributed by atoms with Crippen LogP contribution in [0.5, 0.6) is 0 Å². The van der Waals surface area contributed by atoms with Gasteiger partial charge in [0.2, 0.25) is 0 Å². The molecule has 106 valence electrons. The Morgan fingerprint density at radius 1 is 1.00 bits per heavy atom. The number of aromatic carboxylic acids is 1. The molecule has 0 fully saturated rings. The number of nitrogens with zero attached hydrogens (tertiary/aromatic N) is 1. The van der Waals surface area contributed by atoms with Gasteiger partial charge in [-0.25, -0.2) is 0 Å². The molecule has 0 atom stereocenters. The lowest BCUT2D eigenvalue weighted by atomic mass is 10.1. The number of benzene rings is 2. The van der Waals surface area contributed by atoms with E-state index in [0.717, 1.165) is 0 Å². The van der Waals surface area contributed by atoms with Crippen molar-refractivity contribution < 1.29 is 14.7 Å². The fourth-order valence-corrected chi connectivity index (χ4v) is 1.80. The molecule has 0 saturated carbocycles. The zero-order valence-electron chi connectivity index (χ0n) is 11.0. The number of rotatable bonds is 5. The molecule has 0 radical (unpaired) electrons. The zero-order chi connectivity index (χ0) is 15.2. The fourth-order valence-electron chi connectivity index (χ4n) is 1.67. The molecule has 4 nitrogen and oxygen atoms in total. The second kappa shape index (κ2) is 6.81. The lowest BCUT2D eigenvalue weighted by Crippen LogP contribution is -2.21. The molecule has 5 heteroatoms. The predicted octanol–water partition coefficient (Wildman–Crippen LogP) is 2.68. The van der Waals surface area contributed by atoms with Gasteiger partial charge in [-0.2, -0.15) is 0 Å². The molecule has 0 heterocycles. The van der Waals surface area contributed by atoms with E-state index in [4.69, 9.17) is 11.6 Å². The first-order valence-electron chi connectivity index (χ1n) is 6.19. The molecular formula is C16H11ClNO3-. The first-order valence-corrected chi connectivity index (χ1v) is 6.57. The Balaban J connectivity index is 1.97. The highest BCUT2D eigenvalue weighted by molar-refractivity contribution is 6.30. The Bertz CT molecular complexity index is 676. The minimum Gasteiger partial charge on any atom is -0.545 e. The maximum atomic E-state index is 11.9. The van der Waals surface area contributed by atoms with E-state index in [1.165, 1.54) is 18.3 Å². The van der Waals surface area contributed by atoms with Gasteiger partial charge >= 0.3 is 0 Å². The zero-order valence-corrected chi connectivity index (χ0v) is 11.7. The number of carboxylic acids is 1. The number of Topliss-reactive ketones (excluding diaryl/α,β-unsaturated/α-hetero) is 1. The summed E-state index contributed by atoms with van der Waals surface area (Å²) in [6.45, 7) is 0. The first-order chi connectivity index (χ1) is 10.1. The van der Waals surface area contributed by atoms with E-state index >= 15 is 0 Å². The average molecular weight is 301 g/mol. The van der Waals surface area contributed by atoms with Crippen LogP contribution in [0.4, 0.5) is 5.69 Å². The van der Waals surface area contributed by atoms with Crippen molar-refractivity contribution >= 4 is 35.3 Å². The van der Waals surface area contributed by atoms with Gasteiger partial charge in [0.25, 0.3) is 0 Å². The number of carbonyl (C=O) groups is 2. The maximum absolute atomic E-state index is 11.9. The van der Waals surface area contributed by atoms with Crippen molar-refractivity contribution in [3.05, 3.63) is 64.7 Å². The lowest BCUT2D eigenvalue weighted by Gasteiger charge is -2.01. The number of carboxylic acid groups (broad SMARTS) is 1. The van der Waals surface area contributed by atoms with E-state index in [1.54, 1.807) is 36.4 Å². The first kappa shape index (κ1) is 14.9. The van der Waals surface area contributed by atoms with Crippen molar-refractivity contribution in [1.82, 2.24) is 0 Å². The summed E-state index contributed by atoms with van der Waals surface area (Å²) in [5.41, 5.74) is 1.23. The van der Waals surface area contributed by atoms with Crippen molar-refractivity contribution in [2.24, 2.45) is 4.99 Å². The second-order valence-electron chi connectivity index (χ2n) is 4.28. The molecule has 0 unspecified atom stereocenters. The summed E-state index contributed by atoms with van der Waals surface area (Å²) in [7, 11) is 0. The normalized spacial score (nSPS) is 10.7. The number of carbonyl (C=O) groups excluding carboxylic acids is 2. The molecule has 0 aromatic heterocycles. The van der Waals surface area contributed by atoms with Crippen LogP contribution in [0.1, 0.15) is 27.1 Å². The van der Waals surface area contributed by atoms with Crippen molar-refractivity contribution in [2.45, 2.75) is 6.42 Å². The average Bonchev–Trinajstić information content (AvgIpc) is 2.48. The van der Waals surface area contributed by atoms with E-state index in [9.17, 15) is 14.7 Å². The summed E-state index contributed by atoms with van der Waals surface area (Å²) < 4.78 is 0. The number of hydrogen-bond donors (Lipinski definition) is 0. The van der Waals surface area contributed by atoms with Crippen LogP contribution in [0.15, 0.2) is 53.5 Å². The molecule has 0 aliphatic carbocycles. The minimum atomic E-state index is -1.23. The van der Waals surface area contributed by atoms with Gasteiger partial charge in [-0.15, -0.1) is 0 Å². The SMILES string of the molecule is O=C([O-])c1ccc(N=CCC(=O)c2ccc(Cl)cc2)cc1. The summed E-state index contributed by atoms with van der Waals surface area (Å²) in [4.78, 5) is 26.6. The van der Waals surface area contributed by atoms with Gasteiger partial charge in [-0.1, -0.05) is 23.7 Å². The monoisotopic (exact) mass is 300 g/mol. The summed E-state index contributed by atoms with van der Waals surface area (Å²) in [6.07, 6.45) is 1.65. The van der Waals surface area contributed by atoms with E-state index in [1.807, 2.05) is 0 Å². The summed E-state index contributed by atoms with van der Waals surface area (Å²) in [5.74, 6) is -1.30. The van der Waals surface area contributed by atoms with Crippen LogP contribution in [-0.2, 0) is 0 Å². The van der Waals surface area contributed by atoms with Crippen molar-refractivity contribution in [3.8, 4) is 0 Å². The van der Waals surface area contributed by atoms with Gasteiger partial charge in [0.1, 0.15) is 0 Å². The summed E-state index contributed by atoms with van der Waals surface area (Å²) in [6, 6.07) is 12.5. The molecule has 0 saturated heterocycles. The Morgan fingerprint density at radius 2 is 1.57 bits per heavy atom. The molecular weight excluding hydrogens is 290 g/mol. The van der Waals surface area contributed by atoms with Crippen molar-refractivity contribution in [1.29, 1.82) is 0 Å². The third-order valence-electron chi connectivity index (χ3n) is 2.79. The molecule has 2 aromatic rings. The standard InChI is InChI=1S/C16H12ClNO3/c17-13-5-1-11(2-6-13)15(19)9-10-18-14-7-3-12(4-8-14)16(20)21/h1-8,10H,9H2,(H,20,21)/p-1. The Kier molecular flexibility index (Phi) is 4.85. The van der Waals surface area contributed by atoms with E-state index in [2.05, 4.69) is 4.99 Å². The highest BCUT2D eigenvalue weighted by atomic mass is 35.5. The number of ketones is 1. The van der Waals surface area contributed by atoms with Crippen molar-refractivity contribution in [2.75, 3.05) is 0 Å². The number of aliphatic imine (C=N–C) groups is 1. The highest BCUT2D eigenvalue weighted by Crippen LogP contribution is 2.13. The topological polar surface area (TPSA) is 69.6 Å². The van der Waals surface area contributed by atoms with Gasteiger partial charge in [0.15, 0.2) is 5.78 Å². The smallest absolute Gasteiger partial charge is 0.168 e. The molecule has 0 aliphatic rings. The van der Waals surface area contributed by atoms with Gasteiger partial charge in [0.05, 0.1) is 11.7 Å². The number of hydrogen-bond acceptors (Lipinski definition) is 4. The van der Waals surface area contributed by atoms with Crippen LogP contribution < -0.4 is 5.11 Å². The quantitative estimate of drug-likeness (QED) is 0.629. The molecule has 0 amide bonds. The van der Waals surface area contributed by atoms with Gasteiger partial charge < -0.3 is 9.90 Å². The van der Waals surface area contributed by atoms with E-state index in [-0.39, 0.29) is 17.8 Å². The van der Waals surface area contributed by atoms with Crippen LogP contribution in [0.25, 0.3) is 0 Å². The minimum absolute atomic E-state index is 0.0678. The third kappa shape index (κ3) is 4.26. The Labute approximate surface area is 126 Å². The Hall–Kier alpha value is -2.46. The molecule has 0 spiro atoms. The maximum Gasteiger partial charge on any atom is 0.168 e. The van der Waals surface area contributed by atoms with Crippen LogP contribution >= 0.6 is 11.6 Å². The fraction of sp³-hybridized carbons (Fsp3) is 0.0625. The van der Waals surface area contributed by atoms with Crippen LogP contribution in [0.3, 0.4) is 0 Å². The van der Waals surface area contributed by atoms with Gasteiger partial charge in [-0.05, 0) is 42.0 Å². The summed E-state index contributed by atoms with van der Waals surface area (Å²) in [5, 5.41) is 11.2. The summed E-state index contributed by atoms with van der Waals surface area (Å²) >= 11 is 5.75. The molecule has 0 N–H and O–H groups in total. The molecule has 21 heavy (non-hydrogen) atoms. The van der Waals surface area contributed by atoms with Crippen LogP contribution in [0.2, 0.25) is 5.02 Å². The molecule has 0 bridgehead atoms. The van der Waals surface area contributed by atoms with E-state index in [0.29, 0.717) is 16.3 Å². The van der Waals surface area contributed by atoms with Crippen molar-refractivity contribution in [3.63, 3.8) is 0 Å². The number of halogens is 1. The largest absolute Gasteiger partial charge is 0.545 e. The lowest BCUT2D eigenvalue weighted by molar-refractivity contribution is -0.255. The van der Waals surface area contributed by atoms with Gasteiger partial charge in [-0.3, -0.25) is 9.79 Å². The molecule has 2 rings (SSSR count). The second-order valence-corrected chi connectivity index (χ2v) is 4.72. The Morgan fingerprint density at radius 3 is 2.14 bits per heavy atom. The third-order valence-corrected chi connectivity index (χ3v) is 3.04. The van der Waals surface area contributed by atoms with Crippen LogP contribution in [-0.4, -0.2) is 18.0 Å². The predicted molar refractivity (Wildman–Crippen MR) is 79.3 cm³/mol. The van der Waals surface area contributed by atoms with E-state index < -0.39 is 5.97 Å². The molecule has 0 aliphatic heterocycles. The van der Waals surface area contributed by atoms with Gasteiger partial charge in [0, 0.05) is 23.2 Å². The highest BCUT2D eigenvalue weighted by Gasteiger charge is 2.03. The molecule has 2 aromatic carbocycles. The van der Waals surface area contributed by atoms with Crippen LogP contribution in [0, 0.1) is 0 Å².